The molecule has 4 heteroatoms. The molecule has 1 aromatic carbocycles. The minimum Gasteiger partial charge on any atom is -0.496 e. The van der Waals surface area contributed by atoms with Crippen LogP contribution in [0.2, 0.25) is 0 Å². The summed E-state index contributed by atoms with van der Waals surface area (Å²) in [6, 6.07) is 5.19. The van der Waals surface area contributed by atoms with Crippen molar-refractivity contribution in [1.29, 1.82) is 5.26 Å². The molecule has 0 heterocycles. The van der Waals surface area contributed by atoms with Crippen molar-refractivity contribution in [2.24, 2.45) is 0 Å². The fourth-order valence-corrected chi connectivity index (χ4v) is 1.40. The van der Waals surface area contributed by atoms with Crippen molar-refractivity contribution < 1.29 is 9.53 Å². The maximum Gasteiger partial charge on any atom is 0.181 e. The Morgan fingerprint density at radius 3 is 2.73 bits per heavy atom. The van der Waals surface area contributed by atoms with Crippen LogP contribution in [0.1, 0.15) is 21.5 Å². The molecule has 1 rings (SSSR count). The smallest absolute Gasteiger partial charge is 0.181 e. The van der Waals surface area contributed by atoms with Crippen LogP contribution >= 0.6 is 11.6 Å². The molecule has 0 atom stereocenters. The fourth-order valence-electron chi connectivity index (χ4n) is 1.26. The Bertz CT molecular complexity index is 435. The highest BCUT2D eigenvalue weighted by Gasteiger charge is 2.13. The zero-order valence-corrected chi connectivity index (χ0v) is 9.26. The predicted molar refractivity (Wildman–Crippen MR) is 57.5 cm³/mol. The van der Waals surface area contributed by atoms with E-state index in [4.69, 9.17) is 21.6 Å². The SMILES string of the molecule is COc1cc(C)c(C#N)cc1C(=O)CCl. The summed E-state index contributed by atoms with van der Waals surface area (Å²) in [5.41, 5.74) is 1.60. The van der Waals surface area contributed by atoms with E-state index in [2.05, 4.69) is 0 Å². The number of carbonyl (C=O) groups is 1. The van der Waals surface area contributed by atoms with E-state index in [1.807, 2.05) is 6.07 Å². The number of rotatable bonds is 3. The highest BCUT2D eigenvalue weighted by Crippen LogP contribution is 2.23. The van der Waals surface area contributed by atoms with Crippen LogP contribution in [0.25, 0.3) is 0 Å². The Morgan fingerprint density at radius 1 is 1.60 bits per heavy atom. The number of ketones is 1. The van der Waals surface area contributed by atoms with Gasteiger partial charge >= 0.3 is 0 Å². The van der Waals surface area contributed by atoms with Gasteiger partial charge in [-0.1, -0.05) is 0 Å². The van der Waals surface area contributed by atoms with Gasteiger partial charge in [0.1, 0.15) is 5.75 Å². The molecule has 0 unspecified atom stereocenters. The molecule has 0 aromatic heterocycles. The molecule has 3 nitrogen and oxygen atoms in total. The molecule has 0 radical (unpaired) electrons. The summed E-state index contributed by atoms with van der Waals surface area (Å²) in [6.07, 6.45) is 0. The van der Waals surface area contributed by atoms with Crippen LogP contribution in [0.4, 0.5) is 0 Å². The number of ether oxygens (including phenoxy) is 1. The lowest BCUT2D eigenvalue weighted by Gasteiger charge is -2.08. The number of Topliss-reactive ketones (excluding diaryl/α,β-unsaturated/α-hetero) is 1. The van der Waals surface area contributed by atoms with E-state index in [-0.39, 0.29) is 11.7 Å². The first-order chi connectivity index (χ1) is 7.13. The van der Waals surface area contributed by atoms with E-state index < -0.39 is 0 Å². The molecule has 1 aromatic rings. The van der Waals surface area contributed by atoms with E-state index in [9.17, 15) is 4.79 Å². The average molecular weight is 224 g/mol. The molecule has 0 N–H and O–H groups in total. The van der Waals surface area contributed by atoms with Gasteiger partial charge in [-0.25, -0.2) is 0 Å². The number of carbonyl (C=O) groups excluding carboxylic acids is 1. The molecule has 0 aliphatic rings. The normalized spacial score (nSPS) is 9.47. The number of hydrogen-bond donors (Lipinski definition) is 0. The predicted octanol–water partition coefficient (Wildman–Crippen LogP) is 2.30. The Morgan fingerprint density at radius 2 is 2.27 bits per heavy atom. The van der Waals surface area contributed by atoms with Gasteiger partial charge in [0.2, 0.25) is 0 Å². The zero-order valence-electron chi connectivity index (χ0n) is 8.50. The highest BCUT2D eigenvalue weighted by molar-refractivity contribution is 6.30. The van der Waals surface area contributed by atoms with Gasteiger partial charge in [0, 0.05) is 0 Å². The second-order valence-electron chi connectivity index (χ2n) is 3.04. The first kappa shape index (κ1) is 11.5. The molecule has 78 valence electrons. The summed E-state index contributed by atoms with van der Waals surface area (Å²) < 4.78 is 5.06. The molecule has 0 fully saturated rings. The number of alkyl halides is 1. The van der Waals surface area contributed by atoms with Gasteiger partial charge in [0.25, 0.3) is 0 Å². The highest BCUT2D eigenvalue weighted by atomic mass is 35.5. The Labute approximate surface area is 93.2 Å². The fraction of sp³-hybridized carbons (Fsp3) is 0.273. The van der Waals surface area contributed by atoms with Crippen molar-refractivity contribution in [2.45, 2.75) is 6.92 Å². The monoisotopic (exact) mass is 223 g/mol. The quantitative estimate of drug-likeness (QED) is 0.584. The molecule has 0 spiro atoms. The minimum absolute atomic E-state index is 0.121. The van der Waals surface area contributed by atoms with Gasteiger partial charge in [-0.3, -0.25) is 4.79 Å². The third-order valence-corrected chi connectivity index (χ3v) is 2.33. The van der Waals surface area contributed by atoms with Crippen LogP contribution in [0, 0.1) is 18.3 Å². The minimum atomic E-state index is -0.245. The van der Waals surface area contributed by atoms with Crippen molar-refractivity contribution in [2.75, 3.05) is 13.0 Å². The summed E-state index contributed by atoms with van der Waals surface area (Å²) in [5.74, 6) is 0.0896. The van der Waals surface area contributed by atoms with E-state index in [0.29, 0.717) is 16.9 Å². The Kier molecular flexibility index (Phi) is 3.70. The van der Waals surface area contributed by atoms with Gasteiger partial charge in [0.05, 0.1) is 30.2 Å². The molecule has 0 saturated heterocycles. The lowest BCUT2D eigenvalue weighted by atomic mass is 10.0. The lowest BCUT2D eigenvalue weighted by Crippen LogP contribution is -2.04. The second-order valence-corrected chi connectivity index (χ2v) is 3.30. The van der Waals surface area contributed by atoms with Crippen molar-refractivity contribution >= 4 is 17.4 Å². The van der Waals surface area contributed by atoms with E-state index in [1.54, 1.807) is 13.0 Å². The summed E-state index contributed by atoms with van der Waals surface area (Å²) >= 11 is 5.46. The molecular weight excluding hydrogens is 214 g/mol. The summed E-state index contributed by atoms with van der Waals surface area (Å²) in [5, 5.41) is 8.83. The number of halogens is 1. The van der Waals surface area contributed by atoms with Crippen molar-refractivity contribution in [3.05, 3.63) is 28.8 Å². The molecule has 0 amide bonds. The van der Waals surface area contributed by atoms with Gasteiger partial charge < -0.3 is 4.74 Å². The molecule has 0 aliphatic heterocycles. The number of hydrogen-bond acceptors (Lipinski definition) is 3. The van der Waals surface area contributed by atoms with E-state index >= 15 is 0 Å². The number of nitrogens with zero attached hydrogens (tertiary/aromatic N) is 1. The molecule has 0 saturated carbocycles. The van der Waals surface area contributed by atoms with Crippen LogP contribution < -0.4 is 4.74 Å². The van der Waals surface area contributed by atoms with E-state index in [0.717, 1.165) is 5.56 Å². The summed E-state index contributed by atoms with van der Waals surface area (Å²) in [7, 11) is 1.48. The van der Waals surface area contributed by atoms with Crippen LogP contribution in [0.3, 0.4) is 0 Å². The number of benzene rings is 1. The lowest BCUT2D eigenvalue weighted by molar-refractivity contribution is 0.101. The summed E-state index contributed by atoms with van der Waals surface area (Å²) in [4.78, 5) is 11.5. The first-order valence-corrected chi connectivity index (χ1v) is 4.85. The Hall–Kier alpha value is -1.53. The standard InChI is InChI=1S/C11H10ClNO2/c1-7-3-11(15-2)9(10(14)5-12)4-8(7)6-13/h3-4H,5H2,1-2H3. The number of aryl methyl sites for hydroxylation is 1. The number of nitriles is 1. The van der Waals surface area contributed by atoms with Crippen LogP contribution in [-0.4, -0.2) is 18.8 Å². The number of methoxy groups -OCH3 is 1. The van der Waals surface area contributed by atoms with Gasteiger partial charge in [0.15, 0.2) is 5.78 Å². The van der Waals surface area contributed by atoms with Gasteiger partial charge in [-0.2, -0.15) is 5.26 Å². The van der Waals surface area contributed by atoms with Crippen molar-refractivity contribution in [1.82, 2.24) is 0 Å². The van der Waals surface area contributed by atoms with Crippen molar-refractivity contribution in [3.8, 4) is 11.8 Å². The van der Waals surface area contributed by atoms with Crippen molar-refractivity contribution in [3.63, 3.8) is 0 Å². The third-order valence-electron chi connectivity index (χ3n) is 2.09. The van der Waals surface area contributed by atoms with E-state index in [1.165, 1.54) is 13.2 Å². The molecule has 0 aliphatic carbocycles. The maximum atomic E-state index is 11.5. The average Bonchev–Trinajstić information content (AvgIpc) is 2.27. The molecule has 0 bridgehead atoms. The second kappa shape index (κ2) is 4.81. The largest absolute Gasteiger partial charge is 0.496 e. The van der Waals surface area contributed by atoms with Crippen LogP contribution in [0.5, 0.6) is 5.75 Å². The summed E-state index contributed by atoms with van der Waals surface area (Å²) in [6.45, 7) is 1.79. The topological polar surface area (TPSA) is 50.1 Å². The van der Waals surface area contributed by atoms with Gasteiger partial charge in [-0.05, 0) is 24.6 Å². The third kappa shape index (κ3) is 2.28. The Balaban J connectivity index is 3.36. The molecular formula is C11H10ClNO2. The van der Waals surface area contributed by atoms with Gasteiger partial charge in [-0.15, -0.1) is 11.6 Å². The molecule has 15 heavy (non-hydrogen) atoms. The maximum absolute atomic E-state index is 11.5. The zero-order chi connectivity index (χ0) is 11.4. The van der Waals surface area contributed by atoms with Crippen LogP contribution in [0.15, 0.2) is 12.1 Å². The van der Waals surface area contributed by atoms with Crippen LogP contribution in [-0.2, 0) is 0 Å². The first-order valence-electron chi connectivity index (χ1n) is 4.32.